The minimum atomic E-state index is 0.106. The van der Waals surface area contributed by atoms with E-state index in [2.05, 4.69) is 16.1 Å². The summed E-state index contributed by atoms with van der Waals surface area (Å²) in [5.74, 6) is 0.714. The minimum Gasteiger partial charge on any atom is -0.395 e. The molecule has 0 aliphatic carbocycles. The van der Waals surface area contributed by atoms with Crippen molar-refractivity contribution in [2.45, 2.75) is 57.3 Å². The number of nitrogens with zero attached hydrogens (tertiary/aromatic N) is 5. The highest BCUT2D eigenvalue weighted by molar-refractivity contribution is 5.76. The van der Waals surface area contributed by atoms with Gasteiger partial charge < -0.3 is 14.6 Å². The number of aliphatic hydroxyl groups excluding tert-OH is 1. The molecule has 5 heterocycles. The first-order valence-electron chi connectivity index (χ1n) is 11.4. The van der Waals surface area contributed by atoms with Gasteiger partial charge in [0.2, 0.25) is 5.91 Å². The van der Waals surface area contributed by atoms with Gasteiger partial charge in [-0.25, -0.2) is 0 Å². The van der Waals surface area contributed by atoms with Gasteiger partial charge in [0.15, 0.2) is 0 Å². The summed E-state index contributed by atoms with van der Waals surface area (Å²) in [6, 6.07) is 6.10. The lowest BCUT2D eigenvalue weighted by Gasteiger charge is -2.43. The van der Waals surface area contributed by atoms with Crippen LogP contribution >= 0.6 is 0 Å². The molecule has 2 aromatic rings. The molecule has 31 heavy (non-hydrogen) atoms. The Kier molecular flexibility index (Phi) is 5.67. The van der Waals surface area contributed by atoms with E-state index in [0.717, 1.165) is 43.6 Å². The van der Waals surface area contributed by atoms with Gasteiger partial charge in [-0.05, 0) is 43.9 Å². The van der Waals surface area contributed by atoms with Crippen LogP contribution in [0.4, 0.5) is 0 Å². The molecule has 8 heteroatoms. The first-order valence-corrected chi connectivity index (χ1v) is 11.4. The highest BCUT2D eigenvalue weighted by atomic mass is 16.3. The zero-order valence-electron chi connectivity index (χ0n) is 17.9. The largest absolute Gasteiger partial charge is 0.395 e. The fourth-order valence-corrected chi connectivity index (χ4v) is 5.64. The zero-order chi connectivity index (χ0) is 21.4. The zero-order valence-corrected chi connectivity index (χ0v) is 17.9. The average Bonchev–Trinajstić information content (AvgIpc) is 3.46. The number of rotatable bonds is 6. The Hall–Kier alpha value is -2.45. The van der Waals surface area contributed by atoms with Crippen molar-refractivity contribution in [3.05, 3.63) is 52.2 Å². The Balaban J connectivity index is 1.29. The van der Waals surface area contributed by atoms with Crippen LogP contribution in [0.2, 0.25) is 0 Å². The summed E-state index contributed by atoms with van der Waals surface area (Å²) < 4.78 is 3.75. The number of amides is 1. The number of piperidine rings is 1. The molecule has 166 valence electrons. The Labute approximate surface area is 182 Å². The summed E-state index contributed by atoms with van der Waals surface area (Å²) in [4.78, 5) is 30.3. The first-order chi connectivity index (χ1) is 15.1. The van der Waals surface area contributed by atoms with Crippen molar-refractivity contribution in [3.63, 3.8) is 0 Å². The van der Waals surface area contributed by atoms with Gasteiger partial charge in [0, 0.05) is 74.8 Å². The maximum absolute atomic E-state index is 13.3. The number of pyridine rings is 1. The Bertz CT molecular complexity index is 986. The normalized spacial score (nSPS) is 25.6. The van der Waals surface area contributed by atoms with Crippen molar-refractivity contribution in [3.8, 4) is 0 Å². The van der Waals surface area contributed by atoms with Crippen LogP contribution in [0.1, 0.15) is 42.9 Å². The highest BCUT2D eigenvalue weighted by Crippen LogP contribution is 2.35. The van der Waals surface area contributed by atoms with E-state index >= 15 is 0 Å². The molecule has 3 aliphatic rings. The summed E-state index contributed by atoms with van der Waals surface area (Å²) in [7, 11) is 0. The van der Waals surface area contributed by atoms with Crippen LogP contribution in [0.25, 0.3) is 0 Å². The van der Waals surface area contributed by atoms with Gasteiger partial charge in [0.05, 0.1) is 6.61 Å². The van der Waals surface area contributed by atoms with E-state index in [0.29, 0.717) is 38.5 Å². The third-order valence-electron chi connectivity index (χ3n) is 7.23. The second-order valence-corrected chi connectivity index (χ2v) is 9.26. The molecule has 2 saturated heterocycles. The van der Waals surface area contributed by atoms with Crippen molar-refractivity contribution in [1.29, 1.82) is 0 Å². The van der Waals surface area contributed by atoms with E-state index < -0.39 is 0 Å². The van der Waals surface area contributed by atoms with Crippen LogP contribution in [-0.2, 0) is 24.4 Å². The van der Waals surface area contributed by atoms with Gasteiger partial charge in [0.25, 0.3) is 5.56 Å². The van der Waals surface area contributed by atoms with Crippen LogP contribution in [0.5, 0.6) is 0 Å². The van der Waals surface area contributed by atoms with Crippen molar-refractivity contribution < 1.29 is 9.90 Å². The van der Waals surface area contributed by atoms with Crippen molar-refractivity contribution in [2.24, 2.45) is 5.92 Å². The van der Waals surface area contributed by atoms with Crippen LogP contribution in [-0.4, -0.2) is 67.4 Å². The molecule has 1 N–H and O–H groups in total. The van der Waals surface area contributed by atoms with Crippen LogP contribution < -0.4 is 5.56 Å². The molecule has 3 atom stereocenters. The summed E-state index contributed by atoms with van der Waals surface area (Å²) >= 11 is 0. The molecule has 2 fully saturated rings. The number of likely N-dealkylation sites (tertiary alicyclic amines) is 2. The number of hydrogen-bond acceptors (Lipinski definition) is 5. The predicted octanol–water partition coefficient (Wildman–Crippen LogP) is 1.04. The number of aliphatic hydroxyl groups is 1. The smallest absolute Gasteiger partial charge is 0.255 e. The second-order valence-electron chi connectivity index (χ2n) is 9.26. The summed E-state index contributed by atoms with van der Waals surface area (Å²) in [5.41, 5.74) is 1.99. The van der Waals surface area contributed by atoms with Gasteiger partial charge >= 0.3 is 0 Å². The SMILES string of the molecule is O=C(CCn1cccn1)N1C[C@@H]2C[C@H](C1)c1ccc(CN3CCC[C@@H]3CO)c(=O)n1C2. The number of carbonyl (C=O) groups is 1. The third kappa shape index (κ3) is 4.06. The Morgan fingerprint density at radius 3 is 2.94 bits per heavy atom. The number of hydrogen-bond donors (Lipinski definition) is 1. The number of fused-ring (bicyclic) bond motifs is 4. The quantitative estimate of drug-likeness (QED) is 0.748. The van der Waals surface area contributed by atoms with Gasteiger partial charge in [-0.2, -0.15) is 5.10 Å². The molecule has 0 saturated carbocycles. The van der Waals surface area contributed by atoms with E-state index in [1.807, 2.05) is 27.8 Å². The van der Waals surface area contributed by atoms with Gasteiger partial charge in [-0.3, -0.25) is 19.2 Å². The fraction of sp³-hybridized carbons (Fsp3) is 0.609. The summed E-state index contributed by atoms with van der Waals surface area (Å²) in [5, 5.41) is 13.8. The molecule has 8 nitrogen and oxygen atoms in total. The van der Waals surface area contributed by atoms with Gasteiger partial charge in [-0.1, -0.05) is 6.07 Å². The van der Waals surface area contributed by atoms with Gasteiger partial charge in [0.1, 0.15) is 0 Å². The fourth-order valence-electron chi connectivity index (χ4n) is 5.64. The molecule has 1 amide bonds. The van der Waals surface area contributed by atoms with E-state index in [1.54, 1.807) is 10.9 Å². The molecular formula is C23H31N5O3. The highest BCUT2D eigenvalue weighted by Gasteiger charge is 2.36. The maximum Gasteiger partial charge on any atom is 0.255 e. The monoisotopic (exact) mass is 425 g/mol. The molecule has 0 radical (unpaired) electrons. The maximum atomic E-state index is 13.3. The molecule has 0 spiro atoms. The van der Waals surface area contributed by atoms with E-state index in [-0.39, 0.29) is 30.0 Å². The molecule has 2 bridgehead atoms. The molecule has 0 aromatic carbocycles. The van der Waals surface area contributed by atoms with E-state index in [4.69, 9.17) is 0 Å². The number of aryl methyl sites for hydroxylation is 1. The summed E-state index contributed by atoms with van der Waals surface area (Å²) in [6.45, 7) is 4.40. The van der Waals surface area contributed by atoms with Gasteiger partial charge in [-0.15, -0.1) is 0 Å². The molecular weight excluding hydrogens is 394 g/mol. The van der Waals surface area contributed by atoms with Crippen LogP contribution in [0.3, 0.4) is 0 Å². The van der Waals surface area contributed by atoms with Crippen LogP contribution in [0.15, 0.2) is 35.4 Å². The average molecular weight is 426 g/mol. The lowest BCUT2D eigenvalue weighted by molar-refractivity contribution is -0.134. The first kappa shape index (κ1) is 20.5. The molecule has 3 aliphatic heterocycles. The number of carbonyl (C=O) groups excluding carboxylic acids is 1. The van der Waals surface area contributed by atoms with Crippen molar-refractivity contribution in [1.82, 2.24) is 24.1 Å². The number of aromatic nitrogens is 3. The van der Waals surface area contributed by atoms with E-state index in [9.17, 15) is 14.7 Å². The van der Waals surface area contributed by atoms with Crippen molar-refractivity contribution >= 4 is 5.91 Å². The standard InChI is InChI=1S/C23H31N5O3/c29-16-20-3-1-8-25(20)14-18-4-5-21-19-11-17(13-28(21)23(18)31)12-26(15-19)22(30)6-10-27-9-2-7-24-27/h2,4-5,7,9,17,19-20,29H,1,3,6,8,10-16H2/t17-,19+,20+/m0/s1. The second kappa shape index (κ2) is 8.59. The summed E-state index contributed by atoms with van der Waals surface area (Å²) in [6.07, 6.45) is 7.17. The lowest BCUT2D eigenvalue weighted by atomic mass is 9.83. The molecule has 5 rings (SSSR count). The Morgan fingerprint density at radius 2 is 2.13 bits per heavy atom. The molecule has 0 unspecified atom stereocenters. The third-order valence-corrected chi connectivity index (χ3v) is 7.23. The minimum absolute atomic E-state index is 0.106. The molecule has 2 aromatic heterocycles. The predicted molar refractivity (Wildman–Crippen MR) is 115 cm³/mol. The van der Waals surface area contributed by atoms with E-state index in [1.165, 1.54) is 0 Å². The van der Waals surface area contributed by atoms with Crippen molar-refractivity contribution in [2.75, 3.05) is 26.2 Å². The topological polar surface area (TPSA) is 83.6 Å². The van der Waals surface area contributed by atoms with Crippen LogP contribution in [0, 0.1) is 5.92 Å². The lowest BCUT2D eigenvalue weighted by Crippen LogP contribution is -2.49. The Morgan fingerprint density at radius 1 is 1.23 bits per heavy atom.